The van der Waals surface area contributed by atoms with Gasteiger partial charge in [0.05, 0.1) is 4.90 Å². The third-order valence-electron chi connectivity index (χ3n) is 2.98. The van der Waals surface area contributed by atoms with Crippen molar-refractivity contribution in [1.82, 2.24) is 15.0 Å². The number of rotatable bonds is 6. The van der Waals surface area contributed by atoms with Gasteiger partial charge in [-0.2, -0.15) is 0 Å². The summed E-state index contributed by atoms with van der Waals surface area (Å²) in [6.45, 7) is 5.24. The molecule has 1 aromatic carbocycles. The van der Waals surface area contributed by atoms with E-state index in [2.05, 4.69) is 15.0 Å². The smallest absolute Gasteiger partial charge is 0.240 e. The fourth-order valence-electron chi connectivity index (χ4n) is 1.96. The van der Waals surface area contributed by atoms with E-state index in [1.807, 2.05) is 13.8 Å². The first kappa shape index (κ1) is 21.1. The highest BCUT2D eigenvalue weighted by molar-refractivity contribution is 7.89. The molecule has 22 heavy (non-hydrogen) atoms. The van der Waals surface area contributed by atoms with Gasteiger partial charge in [0, 0.05) is 30.4 Å². The van der Waals surface area contributed by atoms with Crippen LogP contribution in [-0.4, -0.2) is 32.5 Å². The van der Waals surface area contributed by atoms with Crippen LogP contribution in [0.4, 0.5) is 0 Å². The van der Waals surface area contributed by atoms with Gasteiger partial charge in [-0.1, -0.05) is 13.0 Å². The number of hydrogen-bond donors (Lipinski definition) is 2. The molecular formula is C14H21Cl2N3O2S. The predicted octanol–water partition coefficient (Wildman–Crippen LogP) is 2.35. The molecule has 0 aliphatic rings. The fraction of sp³-hybridized carbons (Fsp3) is 0.357. The van der Waals surface area contributed by atoms with Crippen LogP contribution in [-0.2, 0) is 10.0 Å². The first-order chi connectivity index (χ1) is 9.53. The molecule has 0 saturated carbocycles. The maximum Gasteiger partial charge on any atom is 0.240 e. The molecule has 1 heterocycles. The molecule has 0 spiro atoms. The second-order valence-corrected chi connectivity index (χ2v) is 6.43. The number of aromatic nitrogens is 1. The van der Waals surface area contributed by atoms with Crippen molar-refractivity contribution in [2.75, 3.05) is 13.1 Å². The van der Waals surface area contributed by atoms with Crippen molar-refractivity contribution in [2.24, 2.45) is 0 Å². The molecule has 0 bridgehead atoms. The normalized spacial score (nSPS) is 12.3. The number of likely N-dealkylation sites (N-methyl/N-ethyl adjacent to an activating group) is 1. The van der Waals surface area contributed by atoms with Crippen LogP contribution < -0.4 is 10.0 Å². The van der Waals surface area contributed by atoms with Crippen LogP contribution in [0.15, 0.2) is 41.6 Å². The van der Waals surface area contributed by atoms with E-state index in [1.54, 1.807) is 36.7 Å². The van der Waals surface area contributed by atoms with Crippen molar-refractivity contribution in [3.05, 3.63) is 36.7 Å². The van der Waals surface area contributed by atoms with Crippen molar-refractivity contribution in [3.8, 4) is 0 Å². The van der Waals surface area contributed by atoms with Crippen LogP contribution in [0.25, 0.3) is 10.8 Å². The van der Waals surface area contributed by atoms with E-state index < -0.39 is 10.0 Å². The fourth-order valence-corrected chi connectivity index (χ4v) is 3.24. The van der Waals surface area contributed by atoms with Crippen LogP contribution in [0.5, 0.6) is 0 Å². The molecule has 0 aliphatic heterocycles. The Labute approximate surface area is 143 Å². The van der Waals surface area contributed by atoms with Gasteiger partial charge in [-0.05, 0) is 37.1 Å². The average Bonchev–Trinajstić information content (AvgIpc) is 2.44. The lowest BCUT2D eigenvalue weighted by Crippen LogP contribution is -2.39. The Morgan fingerprint density at radius 2 is 1.91 bits per heavy atom. The summed E-state index contributed by atoms with van der Waals surface area (Å²) in [5.74, 6) is 0. The Balaban J connectivity index is 0.00000220. The van der Waals surface area contributed by atoms with E-state index in [0.29, 0.717) is 6.54 Å². The second-order valence-electron chi connectivity index (χ2n) is 4.71. The third-order valence-corrected chi connectivity index (χ3v) is 4.57. The predicted molar refractivity (Wildman–Crippen MR) is 94.6 cm³/mol. The summed E-state index contributed by atoms with van der Waals surface area (Å²) in [4.78, 5) is 4.29. The summed E-state index contributed by atoms with van der Waals surface area (Å²) >= 11 is 0. The quantitative estimate of drug-likeness (QED) is 0.823. The number of pyridine rings is 1. The molecule has 0 amide bonds. The molecule has 0 fully saturated rings. The van der Waals surface area contributed by atoms with Crippen molar-refractivity contribution in [2.45, 2.75) is 24.8 Å². The molecule has 8 heteroatoms. The Hall–Kier alpha value is -0.920. The molecule has 2 rings (SSSR count). The van der Waals surface area contributed by atoms with Crippen LogP contribution in [0.1, 0.15) is 13.8 Å². The Bertz CT molecular complexity index is 695. The molecule has 0 aliphatic carbocycles. The van der Waals surface area contributed by atoms with Crippen molar-refractivity contribution < 1.29 is 8.42 Å². The lowest BCUT2D eigenvalue weighted by Gasteiger charge is -2.14. The standard InChI is InChI=1S/C14H19N3O2S.2ClH/c1-3-15-9-11(2)17-20(18,19)14-5-4-13-10-16-7-6-12(13)8-14;;/h4-8,10-11,15,17H,3,9H2,1-2H3;2*1H. The second kappa shape index (κ2) is 9.27. The van der Waals surface area contributed by atoms with Crippen LogP contribution >= 0.6 is 24.8 Å². The number of nitrogens with one attached hydrogen (secondary N) is 2. The largest absolute Gasteiger partial charge is 0.315 e. The van der Waals surface area contributed by atoms with Gasteiger partial charge in [-0.25, -0.2) is 13.1 Å². The zero-order valence-corrected chi connectivity index (χ0v) is 14.9. The maximum absolute atomic E-state index is 12.3. The summed E-state index contributed by atoms with van der Waals surface area (Å²) in [5, 5.41) is 4.90. The molecular weight excluding hydrogens is 345 g/mol. The molecule has 124 valence electrons. The Kier molecular flexibility index (Phi) is 8.88. The van der Waals surface area contributed by atoms with E-state index in [-0.39, 0.29) is 35.8 Å². The highest BCUT2D eigenvalue weighted by Crippen LogP contribution is 2.18. The SMILES string of the molecule is CCNCC(C)NS(=O)(=O)c1ccc2cnccc2c1.Cl.Cl. The first-order valence-corrected chi connectivity index (χ1v) is 8.08. The van der Waals surface area contributed by atoms with Crippen molar-refractivity contribution in [1.29, 1.82) is 0 Å². The summed E-state index contributed by atoms with van der Waals surface area (Å²) in [6, 6.07) is 6.68. The summed E-state index contributed by atoms with van der Waals surface area (Å²) in [5.41, 5.74) is 0. The molecule has 1 aromatic heterocycles. The van der Waals surface area contributed by atoms with Gasteiger partial charge in [0.25, 0.3) is 0 Å². The van der Waals surface area contributed by atoms with Gasteiger partial charge in [0.15, 0.2) is 0 Å². The summed E-state index contributed by atoms with van der Waals surface area (Å²) in [7, 11) is -3.49. The topological polar surface area (TPSA) is 71.1 Å². The molecule has 2 N–H and O–H groups in total. The number of fused-ring (bicyclic) bond motifs is 1. The molecule has 1 atom stereocenters. The van der Waals surface area contributed by atoms with Gasteiger partial charge >= 0.3 is 0 Å². The minimum atomic E-state index is -3.49. The minimum absolute atomic E-state index is 0. The van der Waals surface area contributed by atoms with E-state index in [0.717, 1.165) is 17.3 Å². The maximum atomic E-state index is 12.3. The molecule has 1 unspecified atom stereocenters. The van der Waals surface area contributed by atoms with Gasteiger partial charge in [-0.3, -0.25) is 4.98 Å². The van der Waals surface area contributed by atoms with E-state index in [4.69, 9.17) is 0 Å². The highest BCUT2D eigenvalue weighted by Gasteiger charge is 2.17. The molecule has 0 radical (unpaired) electrons. The van der Waals surface area contributed by atoms with Gasteiger partial charge < -0.3 is 5.32 Å². The molecule has 5 nitrogen and oxygen atoms in total. The molecule has 0 saturated heterocycles. The van der Waals surface area contributed by atoms with Crippen LogP contribution in [0, 0.1) is 0 Å². The lowest BCUT2D eigenvalue weighted by molar-refractivity contribution is 0.542. The number of benzene rings is 1. The Morgan fingerprint density at radius 3 is 2.59 bits per heavy atom. The van der Waals surface area contributed by atoms with E-state index in [1.165, 1.54) is 0 Å². The van der Waals surface area contributed by atoms with Crippen LogP contribution in [0.2, 0.25) is 0 Å². The monoisotopic (exact) mass is 365 g/mol. The highest BCUT2D eigenvalue weighted by atomic mass is 35.5. The molecule has 2 aromatic rings. The number of sulfonamides is 1. The van der Waals surface area contributed by atoms with E-state index >= 15 is 0 Å². The summed E-state index contributed by atoms with van der Waals surface area (Å²) < 4.78 is 27.3. The van der Waals surface area contributed by atoms with E-state index in [9.17, 15) is 8.42 Å². The van der Waals surface area contributed by atoms with Gasteiger partial charge in [-0.15, -0.1) is 24.8 Å². The van der Waals surface area contributed by atoms with Crippen molar-refractivity contribution in [3.63, 3.8) is 0 Å². The Morgan fingerprint density at radius 1 is 1.18 bits per heavy atom. The number of hydrogen-bond acceptors (Lipinski definition) is 4. The first-order valence-electron chi connectivity index (χ1n) is 6.60. The minimum Gasteiger partial charge on any atom is -0.315 e. The zero-order valence-electron chi connectivity index (χ0n) is 12.4. The third kappa shape index (κ3) is 5.37. The van der Waals surface area contributed by atoms with Crippen LogP contribution in [0.3, 0.4) is 0 Å². The summed E-state index contributed by atoms with van der Waals surface area (Å²) in [6.07, 6.45) is 3.37. The lowest BCUT2D eigenvalue weighted by atomic mass is 10.2. The van der Waals surface area contributed by atoms with Gasteiger partial charge in [0.2, 0.25) is 10.0 Å². The van der Waals surface area contributed by atoms with Crippen molar-refractivity contribution >= 4 is 45.6 Å². The zero-order chi connectivity index (χ0) is 14.6. The average molecular weight is 366 g/mol. The number of halogens is 2. The number of nitrogens with zero attached hydrogens (tertiary/aromatic N) is 1. The van der Waals surface area contributed by atoms with Gasteiger partial charge in [0.1, 0.15) is 0 Å².